The van der Waals surface area contributed by atoms with Gasteiger partial charge in [-0.1, -0.05) is 24.3 Å². The molecule has 0 atom stereocenters. The van der Waals surface area contributed by atoms with Gasteiger partial charge in [0.25, 0.3) is 0 Å². The Morgan fingerprint density at radius 1 is 1.19 bits per heavy atom. The number of rotatable bonds is 8. The van der Waals surface area contributed by atoms with E-state index in [0.717, 1.165) is 16.8 Å². The second-order valence-corrected chi connectivity index (χ2v) is 5.95. The predicted octanol–water partition coefficient (Wildman–Crippen LogP) is 3.09. The zero-order valence-electron chi connectivity index (χ0n) is 14.7. The average Bonchev–Trinajstić information content (AvgIpc) is 2.96. The zero-order valence-corrected chi connectivity index (χ0v) is 14.7. The lowest BCUT2D eigenvalue weighted by molar-refractivity contribution is -0.121. The highest BCUT2D eigenvalue weighted by Crippen LogP contribution is 2.14. The molecule has 2 aromatic carbocycles. The maximum absolute atomic E-state index is 12.1. The van der Waals surface area contributed by atoms with Crippen LogP contribution in [0.3, 0.4) is 0 Å². The first-order valence-corrected chi connectivity index (χ1v) is 8.74. The van der Waals surface area contributed by atoms with E-state index in [-0.39, 0.29) is 11.7 Å². The SMILES string of the molecule is CCOc1cccc(CNC(=O)CCCn2c(=O)oc3ccccc32)c1. The third-order valence-corrected chi connectivity index (χ3v) is 4.06. The van der Waals surface area contributed by atoms with Crippen LogP contribution in [0.2, 0.25) is 0 Å². The lowest BCUT2D eigenvalue weighted by atomic mass is 10.2. The molecule has 1 aromatic heterocycles. The van der Waals surface area contributed by atoms with Gasteiger partial charge in [-0.25, -0.2) is 4.79 Å². The van der Waals surface area contributed by atoms with Crippen molar-refractivity contribution in [2.75, 3.05) is 6.61 Å². The second kappa shape index (κ2) is 8.38. The van der Waals surface area contributed by atoms with E-state index in [2.05, 4.69) is 5.32 Å². The maximum Gasteiger partial charge on any atom is 0.419 e. The standard InChI is InChI=1S/C20H22N2O4/c1-2-25-16-8-5-7-15(13-16)14-21-19(23)11-6-12-22-17-9-3-4-10-18(17)26-20(22)24/h3-5,7-10,13H,2,6,11-12,14H2,1H3,(H,21,23). The number of aryl methyl sites for hydroxylation is 1. The highest BCUT2D eigenvalue weighted by molar-refractivity contribution is 5.76. The summed E-state index contributed by atoms with van der Waals surface area (Å²) in [5.41, 5.74) is 2.31. The Morgan fingerprint density at radius 2 is 2.04 bits per heavy atom. The molecule has 0 spiro atoms. The second-order valence-electron chi connectivity index (χ2n) is 5.95. The quantitative estimate of drug-likeness (QED) is 0.675. The Bertz CT molecular complexity index is 942. The fraction of sp³-hybridized carbons (Fsp3) is 0.300. The van der Waals surface area contributed by atoms with Crippen LogP contribution in [-0.4, -0.2) is 17.1 Å². The number of aromatic nitrogens is 1. The summed E-state index contributed by atoms with van der Waals surface area (Å²) in [6, 6.07) is 14.9. The number of hydrogen-bond donors (Lipinski definition) is 1. The van der Waals surface area contributed by atoms with Crippen molar-refractivity contribution in [3.63, 3.8) is 0 Å². The molecule has 6 heteroatoms. The lowest BCUT2D eigenvalue weighted by Crippen LogP contribution is -2.23. The number of amides is 1. The summed E-state index contributed by atoms with van der Waals surface area (Å²) in [4.78, 5) is 23.9. The van der Waals surface area contributed by atoms with Crippen molar-refractivity contribution in [1.29, 1.82) is 0 Å². The molecule has 0 saturated carbocycles. The van der Waals surface area contributed by atoms with Crippen molar-refractivity contribution in [3.8, 4) is 5.75 Å². The lowest BCUT2D eigenvalue weighted by Gasteiger charge is -2.08. The average molecular weight is 354 g/mol. The van der Waals surface area contributed by atoms with E-state index in [1.54, 1.807) is 10.6 Å². The van der Waals surface area contributed by atoms with Crippen molar-refractivity contribution >= 4 is 17.0 Å². The van der Waals surface area contributed by atoms with Crippen LogP contribution >= 0.6 is 0 Å². The Labute approximate surface area is 151 Å². The predicted molar refractivity (Wildman–Crippen MR) is 99.2 cm³/mol. The van der Waals surface area contributed by atoms with Crippen molar-refractivity contribution < 1.29 is 13.9 Å². The number of oxazole rings is 1. The van der Waals surface area contributed by atoms with Gasteiger partial charge in [0.15, 0.2) is 5.58 Å². The molecule has 26 heavy (non-hydrogen) atoms. The summed E-state index contributed by atoms with van der Waals surface area (Å²) in [6.07, 6.45) is 0.908. The molecule has 6 nitrogen and oxygen atoms in total. The Morgan fingerprint density at radius 3 is 2.88 bits per heavy atom. The molecule has 3 rings (SSSR count). The molecule has 0 fully saturated rings. The van der Waals surface area contributed by atoms with Crippen LogP contribution in [0.1, 0.15) is 25.3 Å². The number of nitrogens with one attached hydrogen (secondary N) is 1. The van der Waals surface area contributed by atoms with Crippen molar-refractivity contribution in [2.24, 2.45) is 0 Å². The molecular weight excluding hydrogens is 332 g/mol. The molecule has 1 N–H and O–H groups in total. The van der Waals surface area contributed by atoms with Gasteiger partial charge in [-0.05, 0) is 43.2 Å². The van der Waals surface area contributed by atoms with Gasteiger partial charge in [0.05, 0.1) is 12.1 Å². The largest absolute Gasteiger partial charge is 0.494 e. The molecule has 0 radical (unpaired) electrons. The summed E-state index contributed by atoms with van der Waals surface area (Å²) < 4.78 is 12.2. The van der Waals surface area contributed by atoms with Gasteiger partial charge >= 0.3 is 5.76 Å². The van der Waals surface area contributed by atoms with Gasteiger partial charge in [-0.2, -0.15) is 0 Å². The summed E-state index contributed by atoms with van der Waals surface area (Å²) >= 11 is 0. The molecule has 3 aromatic rings. The van der Waals surface area contributed by atoms with Crippen LogP contribution in [0.25, 0.3) is 11.1 Å². The van der Waals surface area contributed by atoms with Gasteiger partial charge < -0.3 is 14.5 Å². The molecule has 0 bridgehead atoms. The minimum absolute atomic E-state index is 0.0485. The molecule has 136 valence electrons. The topological polar surface area (TPSA) is 73.5 Å². The normalized spacial score (nSPS) is 10.8. The van der Waals surface area contributed by atoms with E-state index in [9.17, 15) is 9.59 Å². The Hall–Kier alpha value is -3.02. The highest BCUT2D eigenvalue weighted by atomic mass is 16.5. The fourth-order valence-corrected chi connectivity index (χ4v) is 2.82. The molecule has 0 saturated heterocycles. The van der Waals surface area contributed by atoms with E-state index in [0.29, 0.717) is 38.1 Å². The third kappa shape index (κ3) is 4.33. The molecule has 1 heterocycles. The number of nitrogens with zero attached hydrogens (tertiary/aromatic N) is 1. The molecule has 1 amide bonds. The van der Waals surface area contributed by atoms with Gasteiger partial charge in [0, 0.05) is 19.5 Å². The molecule has 0 aliphatic carbocycles. The molecule has 0 aliphatic heterocycles. The van der Waals surface area contributed by atoms with Gasteiger partial charge in [-0.3, -0.25) is 9.36 Å². The first-order chi connectivity index (χ1) is 12.7. The molecule has 0 aliphatic rings. The summed E-state index contributed by atoms with van der Waals surface area (Å²) in [7, 11) is 0. The number of carbonyl (C=O) groups excluding carboxylic acids is 1. The first kappa shape index (κ1) is 17.8. The third-order valence-electron chi connectivity index (χ3n) is 4.06. The van der Waals surface area contributed by atoms with Crippen LogP contribution in [0, 0.1) is 0 Å². The first-order valence-electron chi connectivity index (χ1n) is 8.74. The van der Waals surface area contributed by atoms with Crippen LogP contribution in [-0.2, 0) is 17.9 Å². The van der Waals surface area contributed by atoms with Crippen LogP contribution in [0.15, 0.2) is 57.7 Å². The Balaban J connectivity index is 1.49. The molecule has 0 unspecified atom stereocenters. The molecular formula is C20H22N2O4. The summed E-state index contributed by atoms with van der Waals surface area (Å²) in [5, 5.41) is 2.89. The number of para-hydroxylation sites is 2. The number of hydrogen-bond acceptors (Lipinski definition) is 4. The van der Waals surface area contributed by atoms with E-state index in [1.807, 2.05) is 49.4 Å². The summed E-state index contributed by atoms with van der Waals surface area (Å²) in [6.45, 7) is 3.44. The van der Waals surface area contributed by atoms with Crippen LogP contribution < -0.4 is 15.8 Å². The van der Waals surface area contributed by atoms with E-state index < -0.39 is 0 Å². The number of ether oxygens (including phenoxy) is 1. The van der Waals surface area contributed by atoms with Crippen LogP contribution in [0.4, 0.5) is 0 Å². The monoisotopic (exact) mass is 354 g/mol. The van der Waals surface area contributed by atoms with Gasteiger partial charge in [0.2, 0.25) is 5.91 Å². The van der Waals surface area contributed by atoms with Crippen LogP contribution in [0.5, 0.6) is 5.75 Å². The minimum Gasteiger partial charge on any atom is -0.494 e. The minimum atomic E-state index is -0.389. The maximum atomic E-state index is 12.1. The van der Waals surface area contributed by atoms with Crippen molar-refractivity contribution in [1.82, 2.24) is 9.88 Å². The zero-order chi connectivity index (χ0) is 18.4. The number of benzene rings is 2. The van der Waals surface area contributed by atoms with Gasteiger partial charge in [0.1, 0.15) is 5.75 Å². The van der Waals surface area contributed by atoms with Crippen molar-refractivity contribution in [3.05, 3.63) is 64.6 Å². The summed E-state index contributed by atoms with van der Waals surface area (Å²) in [5.74, 6) is 0.359. The fourth-order valence-electron chi connectivity index (χ4n) is 2.82. The van der Waals surface area contributed by atoms with Gasteiger partial charge in [-0.15, -0.1) is 0 Å². The highest BCUT2D eigenvalue weighted by Gasteiger charge is 2.09. The van der Waals surface area contributed by atoms with E-state index in [4.69, 9.17) is 9.15 Å². The van der Waals surface area contributed by atoms with Crippen molar-refractivity contribution in [2.45, 2.75) is 32.9 Å². The number of carbonyl (C=O) groups is 1. The smallest absolute Gasteiger partial charge is 0.419 e. The van der Waals surface area contributed by atoms with E-state index >= 15 is 0 Å². The number of fused-ring (bicyclic) bond motifs is 1. The van der Waals surface area contributed by atoms with E-state index in [1.165, 1.54) is 0 Å². The Kier molecular flexibility index (Phi) is 5.73.